The van der Waals surface area contributed by atoms with Gasteiger partial charge in [0.1, 0.15) is 5.75 Å². The van der Waals surface area contributed by atoms with E-state index >= 15 is 0 Å². The first-order chi connectivity index (χ1) is 11.8. The second-order valence-electron chi connectivity index (χ2n) is 4.80. The standard InChI is InChI=1S/C16H15Cl2NO5S/c1-2-23-16(20)10-24-12-4-6-13(7-5-12)25(21,22)19-11-3-8-14(17)15(18)9-11/h3-9,19H,2,10H2,1H3. The lowest BCUT2D eigenvalue weighted by Crippen LogP contribution is -2.15. The number of carbonyl (C=O) groups is 1. The highest BCUT2D eigenvalue weighted by Crippen LogP contribution is 2.26. The highest BCUT2D eigenvalue weighted by molar-refractivity contribution is 7.92. The first kappa shape index (κ1) is 19.4. The third kappa shape index (κ3) is 5.52. The van der Waals surface area contributed by atoms with Gasteiger partial charge in [-0.3, -0.25) is 4.72 Å². The number of esters is 1. The molecule has 0 aliphatic rings. The molecule has 134 valence electrons. The number of sulfonamides is 1. The van der Waals surface area contributed by atoms with Crippen molar-refractivity contribution in [2.45, 2.75) is 11.8 Å². The van der Waals surface area contributed by atoms with E-state index in [9.17, 15) is 13.2 Å². The molecule has 0 aliphatic carbocycles. The van der Waals surface area contributed by atoms with Crippen molar-refractivity contribution in [3.8, 4) is 5.75 Å². The normalized spacial score (nSPS) is 11.0. The van der Waals surface area contributed by atoms with Crippen molar-refractivity contribution in [2.24, 2.45) is 0 Å². The maximum Gasteiger partial charge on any atom is 0.344 e. The van der Waals surface area contributed by atoms with Crippen molar-refractivity contribution >= 4 is 44.9 Å². The van der Waals surface area contributed by atoms with Crippen LogP contribution >= 0.6 is 23.2 Å². The van der Waals surface area contributed by atoms with Gasteiger partial charge in [-0.15, -0.1) is 0 Å². The van der Waals surface area contributed by atoms with Gasteiger partial charge in [-0.1, -0.05) is 23.2 Å². The Balaban J connectivity index is 2.06. The lowest BCUT2D eigenvalue weighted by molar-refractivity contribution is -0.145. The number of ether oxygens (including phenoxy) is 2. The van der Waals surface area contributed by atoms with Crippen molar-refractivity contribution in [1.29, 1.82) is 0 Å². The van der Waals surface area contributed by atoms with Gasteiger partial charge in [-0.05, 0) is 49.4 Å². The second-order valence-corrected chi connectivity index (χ2v) is 7.30. The summed E-state index contributed by atoms with van der Waals surface area (Å²) in [5, 5.41) is 0.567. The monoisotopic (exact) mass is 403 g/mol. The van der Waals surface area contributed by atoms with E-state index in [1.165, 1.54) is 42.5 Å². The summed E-state index contributed by atoms with van der Waals surface area (Å²) in [7, 11) is -3.80. The molecule has 6 nitrogen and oxygen atoms in total. The molecule has 9 heteroatoms. The van der Waals surface area contributed by atoms with E-state index < -0.39 is 16.0 Å². The maximum atomic E-state index is 12.4. The number of hydrogen-bond acceptors (Lipinski definition) is 5. The van der Waals surface area contributed by atoms with Gasteiger partial charge in [0, 0.05) is 0 Å². The van der Waals surface area contributed by atoms with Crippen LogP contribution in [0.5, 0.6) is 5.75 Å². The maximum absolute atomic E-state index is 12.4. The molecule has 0 spiro atoms. The molecule has 0 fully saturated rings. The molecule has 2 aromatic rings. The van der Waals surface area contributed by atoms with Crippen LogP contribution in [0.3, 0.4) is 0 Å². The molecule has 0 aliphatic heterocycles. The van der Waals surface area contributed by atoms with Crippen LogP contribution in [0.2, 0.25) is 10.0 Å². The van der Waals surface area contributed by atoms with E-state index in [-0.39, 0.29) is 28.8 Å². The fraction of sp³-hybridized carbons (Fsp3) is 0.188. The van der Waals surface area contributed by atoms with Gasteiger partial charge in [-0.25, -0.2) is 13.2 Å². The van der Waals surface area contributed by atoms with Gasteiger partial charge in [0.25, 0.3) is 10.0 Å². The number of halogens is 2. The fourth-order valence-electron chi connectivity index (χ4n) is 1.83. The van der Waals surface area contributed by atoms with Crippen LogP contribution in [-0.4, -0.2) is 27.6 Å². The van der Waals surface area contributed by atoms with Gasteiger partial charge < -0.3 is 9.47 Å². The molecule has 2 aromatic carbocycles. The van der Waals surface area contributed by atoms with E-state index in [1.54, 1.807) is 6.92 Å². The van der Waals surface area contributed by atoms with E-state index in [2.05, 4.69) is 4.72 Å². The predicted octanol–water partition coefficient (Wildman–Crippen LogP) is 3.74. The van der Waals surface area contributed by atoms with Crippen LogP contribution in [-0.2, 0) is 19.6 Å². The fourth-order valence-corrected chi connectivity index (χ4v) is 3.18. The molecule has 0 atom stereocenters. The Morgan fingerprint density at radius 3 is 2.36 bits per heavy atom. The summed E-state index contributed by atoms with van der Waals surface area (Å²) < 4.78 is 37.1. The van der Waals surface area contributed by atoms with Crippen molar-refractivity contribution in [2.75, 3.05) is 17.9 Å². The molecule has 0 saturated carbocycles. The number of carbonyl (C=O) groups excluding carboxylic acids is 1. The molecule has 1 N–H and O–H groups in total. The highest BCUT2D eigenvalue weighted by atomic mass is 35.5. The minimum atomic E-state index is -3.80. The van der Waals surface area contributed by atoms with E-state index in [1.807, 2.05) is 0 Å². The van der Waals surface area contributed by atoms with Crippen molar-refractivity contribution in [3.05, 3.63) is 52.5 Å². The number of anilines is 1. The van der Waals surface area contributed by atoms with E-state index in [0.717, 1.165) is 0 Å². The number of nitrogens with one attached hydrogen (secondary N) is 1. The lowest BCUT2D eigenvalue weighted by Gasteiger charge is -2.10. The zero-order valence-electron chi connectivity index (χ0n) is 13.2. The first-order valence-electron chi connectivity index (χ1n) is 7.18. The Kier molecular flexibility index (Phi) is 6.52. The van der Waals surface area contributed by atoms with E-state index in [0.29, 0.717) is 10.8 Å². The van der Waals surface area contributed by atoms with Gasteiger partial charge in [0.2, 0.25) is 0 Å². The molecule has 0 saturated heterocycles. The quantitative estimate of drug-likeness (QED) is 0.712. The summed E-state index contributed by atoms with van der Waals surface area (Å²) in [5.41, 5.74) is 0.289. The molecular weight excluding hydrogens is 389 g/mol. The topological polar surface area (TPSA) is 81.7 Å². The predicted molar refractivity (Wildman–Crippen MR) is 95.8 cm³/mol. The van der Waals surface area contributed by atoms with Gasteiger partial charge >= 0.3 is 5.97 Å². The molecule has 25 heavy (non-hydrogen) atoms. The zero-order chi connectivity index (χ0) is 18.4. The molecule has 0 aromatic heterocycles. The Hall–Kier alpha value is -1.96. The van der Waals surface area contributed by atoms with Crippen molar-refractivity contribution < 1.29 is 22.7 Å². The van der Waals surface area contributed by atoms with Crippen LogP contribution in [0.1, 0.15) is 6.92 Å². The number of benzene rings is 2. The summed E-state index contributed by atoms with van der Waals surface area (Å²) in [6, 6.07) is 10.0. The van der Waals surface area contributed by atoms with Crippen LogP contribution in [0, 0.1) is 0 Å². The molecular formula is C16H15Cl2NO5S. The molecule has 0 amide bonds. The average molecular weight is 404 g/mol. The summed E-state index contributed by atoms with van der Waals surface area (Å²) in [6.45, 7) is 1.71. The minimum absolute atomic E-state index is 0.0297. The van der Waals surface area contributed by atoms with Crippen LogP contribution < -0.4 is 9.46 Å². The lowest BCUT2D eigenvalue weighted by atomic mass is 10.3. The summed E-state index contributed by atoms with van der Waals surface area (Å²) in [5.74, 6) is -0.151. The summed E-state index contributed by atoms with van der Waals surface area (Å²) in [6.07, 6.45) is 0. The Morgan fingerprint density at radius 2 is 1.76 bits per heavy atom. The number of rotatable bonds is 7. The Labute approximate surface area is 155 Å². The Morgan fingerprint density at radius 1 is 1.08 bits per heavy atom. The van der Waals surface area contributed by atoms with Crippen LogP contribution in [0.25, 0.3) is 0 Å². The SMILES string of the molecule is CCOC(=O)COc1ccc(S(=O)(=O)Nc2ccc(Cl)c(Cl)c2)cc1. The molecule has 0 heterocycles. The average Bonchev–Trinajstić information content (AvgIpc) is 2.57. The van der Waals surface area contributed by atoms with Crippen molar-refractivity contribution in [3.63, 3.8) is 0 Å². The third-order valence-electron chi connectivity index (χ3n) is 2.97. The van der Waals surface area contributed by atoms with Gasteiger partial charge in [0.15, 0.2) is 6.61 Å². The van der Waals surface area contributed by atoms with E-state index in [4.69, 9.17) is 32.7 Å². The zero-order valence-corrected chi connectivity index (χ0v) is 15.5. The largest absolute Gasteiger partial charge is 0.482 e. The molecule has 0 unspecified atom stereocenters. The van der Waals surface area contributed by atoms with Crippen LogP contribution in [0.15, 0.2) is 47.4 Å². The third-order valence-corrected chi connectivity index (χ3v) is 5.10. The summed E-state index contributed by atoms with van der Waals surface area (Å²) in [4.78, 5) is 11.3. The second kappa shape index (κ2) is 8.42. The van der Waals surface area contributed by atoms with Crippen molar-refractivity contribution in [1.82, 2.24) is 0 Å². The molecule has 0 bridgehead atoms. The van der Waals surface area contributed by atoms with Crippen LogP contribution in [0.4, 0.5) is 5.69 Å². The number of hydrogen-bond donors (Lipinski definition) is 1. The molecule has 2 rings (SSSR count). The van der Waals surface area contributed by atoms with Gasteiger partial charge in [0.05, 0.1) is 27.2 Å². The smallest absolute Gasteiger partial charge is 0.344 e. The molecule has 0 radical (unpaired) electrons. The highest BCUT2D eigenvalue weighted by Gasteiger charge is 2.15. The first-order valence-corrected chi connectivity index (χ1v) is 9.42. The Bertz CT molecular complexity index is 853. The van der Waals surface area contributed by atoms with Gasteiger partial charge in [-0.2, -0.15) is 0 Å². The summed E-state index contributed by atoms with van der Waals surface area (Å²) >= 11 is 11.7. The minimum Gasteiger partial charge on any atom is -0.482 e.